The minimum atomic E-state index is -0.262. The highest BCUT2D eigenvalue weighted by Crippen LogP contribution is 2.22. The van der Waals surface area contributed by atoms with Crippen molar-refractivity contribution in [1.82, 2.24) is 0 Å². The van der Waals surface area contributed by atoms with Crippen LogP contribution in [0, 0.1) is 5.41 Å². The number of anilines is 1. The van der Waals surface area contributed by atoms with Gasteiger partial charge in [0.1, 0.15) is 5.84 Å². The number of hydrogen-bond acceptors (Lipinski definition) is 3. The Kier molecular flexibility index (Phi) is 6.36. The van der Waals surface area contributed by atoms with Crippen molar-refractivity contribution in [3.05, 3.63) is 29.8 Å². The van der Waals surface area contributed by atoms with Gasteiger partial charge in [0, 0.05) is 17.6 Å². The van der Waals surface area contributed by atoms with Crippen molar-refractivity contribution >= 4 is 11.5 Å². The van der Waals surface area contributed by atoms with E-state index in [0.29, 0.717) is 5.84 Å². The average Bonchev–Trinajstić information content (AvgIpc) is 2.44. The molecule has 0 amide bonds. The number of benzene rings is 1. The molecule has 0 aromatic heterocycles. The Balaban J connectivity index is 2.34. The van der Waals surface area contributed by atoms with E-state index in [2.05, 4.69) is 41.7 Å². The number of amidine groups is 1. The van der Waals surface area contributed by atoms with Crippen molar-refractivity contribution in [2.24, 2.45) is 16.3 Å². The smallest absolute Gasteiger partial charge is 0.144 e. The van der Waals surface area contributed by atoms with Crippen LogP contribution in [0.2, 0.25) is 0 Å². The summed E-state index contributed by atoms with van der Waals surface area (Å²) in [5.41, 5.74) is 7.93. The molecule has 0 atom stereocenters. The molecule has 0 aliphatic carbocycles. The van der Waals surface area contributed by atoms with E-state index in [0.717, 1.165) is 31.5 Å². The van der Waals surface area contributed by atoms with Crippen LogP contribution in [-0.2, 0) is 6.42 Å². The Bertz CT molecular complexity index is 424. The van der Waals surface area contributed by atoms with Crippen LogP contribution < -0.4 is 11.1 Å². The number of hydrogen-bond donors (Lipinski definition) is 3. The number of aryl methyl sites for hydroxylation is 1. The first-order valence-electron chi connectivity index (χ1n) is 7.30. The van der Waals surface area contributed by atoms with Crippen LogP contribution in [0.3, 0.4) is 0 Å². The quantitative estimate of drug-likeness (QED) is 0.223. The van der Waals surface area contributed by atoms with Gasteiger partial charge in [-0.1, -0.05) is 44.5 Å². The summed E-state index contributed by atoms with van der Waals surface area (Å²) in [5.74, 6) is 0.293. The fourth-order valence-corrected chi connectivity index (χ4v) is 2.10. The van der Waals surface area contributed by atoms with Crippen molar-refractivity contribution < 1.29 is 5.21 Å². The summed E-state index contributed by atoms with van der Waals surface area (Å²) in [6, 6.07) is 8.59. The molecule has 0 radical (unpaired) electrons. The Morgan fingerprint density at radius 1 is 1.30 bits per heavy atom. The lowest BCUT2D eigenvalue weighted by Crippen LogP contribution is -2.32. The second-order valence-corrected chi connectivity index (χ2v) is 5.85. The Morgan fingerprint density at radius 2 is 1.95 bits per heavy atom. The second kappa shape index (κ2) is 7.78. The zero-order chi connectivity index (χ0) is 15.0. The van der Waals surface area contributed by atoms with Crippen LogP contribution in [0.15, 0.2) is 29.4 Å². The summed E-state index contributed by atoms with van der Waals surface area (Å²) in [5, 5.41) is 15.2. The van der Waals surface area contributed by atoms with E-state index in [9.17, 15) is 0 Å². The molecule has 0 fully saturated rings. The first kappa shape index (κ1) is 16.3. The lowest BCUT2D eigenvalue weighted by atomic mass is 9.86. The van der Waals surface area contributed by atoms with Crippen molar-refractivity contribution in [2.75, 3.05) is 11.9 Å². The van der Waals surface area contributed by atoms with Crippen molar-refractivity contribution in [3.63, 3.8) is 0 Å². The predicted molar refractivity (Wildman–Crippen MR) is 85.4 cm³/mol. The number of nitrogens with one attached hydrogen (secondary N) is 1. The number of rotatable bonds is 8. The molecular formula is C16H27N3O. The van der Waals surface area contributed by atoms with E-state index in [-0.39, 0.29) is 5.41 Å². The molecule has 4 N–H and O–H groups in total. The summed E-state index contributed by atoms with van der Waals surface area (Å²) in [6.45, 7) is 7.05. The van der Waals surface area contributed by atoms with Gasteiger partial charge in [-0.05, 0) is 37.0 Å². The summed E-state index contributed by atoms with van der Waals surface area (Å²) in [6.07, 6.45) is 4.16. The summed E-state index contributed by atoms with van der Waals surface area (Å²) in [4.78, 5) is 0. The number of nitrogens with two attached hydrogens (primary N) is 1. The maximum Gasteiger partial charge on any atom is 0.144 e. The molecule has 20 heavy (non-hydrogen) atoms. The highest BCUT2D eigenvalue weighted by Gasteiger charge is 2.22. The Labute approximate surface area is 122 Å². The minimum Gasteiger partial charge on any atom is -0.409 e. The van der Waals surface area contributed by atoms with Crippen LogP contribution >= 0.6 is 0 Å². The normalized spacial score (nSPS) is 12.4. The topological polar surface area (TPSA) is 70.6 Å². The van der Waals surface area contributed by atoms with Gasteiger partial charge in [0.2, 0.25) is 0 Å². The molecule has 112 valence electrons. The molecule has 1 aromatic carbocycles. The van der Waals surface area contributed by atoms with E-state index in [4.69, 9.17) is 10.9 Å². The van der Waals surface area contributed by atoms with Crippen LogP contribution in [0.4, 0.5) is 5.69 Å². The Morgan fingerprint density at radius 3 is 2.50 bits per heavy atom. The largest absolute Gasteiger partial charge is 0.409 e. The second-order valence-electron chi connectivity index (χ2n) is 5.85. The van der Waals surface area contributed by atoms with Crippen molar-refractivity contribution in [3.8, 4) is 0 Å². The number of nitrogens with zero attached hydrogens (tertiary/aromatic N) is 1. The van der Waals surface area contributed by atoms with E-state index >= 15 is 0 Å². The van der Waals surface area contributed by atoms with E-state index in [1.165, 1.54) is 12.0 Å². The monoisotopic (exact) mass is 277 g/mol. The third-order valence-electron chi connectivity index (χ3n) is 3.60. The maximum absolute atomic E-state index is 8.72. The molecule has 0 aliphatic heterocycles. The van der Waals surface area contributed by atoms with Gasteiger partial charge in [-0.15, -0.1) is 0 Å². The number of oxime groups is 1. The standard InChI is InChI=1S/C16H27N3O/c1-4-6-13-7-9-14(10-8-13)18-12-5-11-16(2,3)15(17)19-20/h7-10,18,20H,4-6,11-12H2,1-3H3,(H2,17,19). The average molecular weight is 277 g/mol. The molecule has 4 nitrogen and oxygen atoms in total. The minimum absolute atomic E-state index is 0.262. The van der Waals surface area contributed by atoms with Crippen molar-refractivity contribution in [1.29, 1.82) is 0 Å². The summed E-state index contributed by atoms with van der Waals surface area (Å²) < 4.78 is 0. The first-order valence-corrected chi connectivity index (χ1v) is 7.30. The van der Waals surface area contributed by atoms with Crippen LogP contribution in [0.25, 0.3) is 0 Å². The molecule has 0 spiro atoms. The third kappa shape index (κ3) is 5.11. The molecule has 0 aliphatic rings. The molecule has 1 rings (SSSR count). The fourth-order valence-electron chi connectivity index (χ4n) is 2.10. The highest BCUT2D eigenvalue weighted by atomic mass is 16.4. The SMILES string of the molecule is CCCc1ccc(NCCCC(C)(C)C(N)=NO)cc1. The molecule has 0 heterocycles. The van der Waals surface area contributed by atoms with Gasteiger partial charge in [0.05, 0.1) is 0 Å². The summed E-state index contributed by atoms with van der Waals surface area (Å²) in [7, 11) is 0. The molecule has 0 saturated heterocycles. The molecule has 0 saturated carbocycles. The van der Waals surface area contributed by atoms with Gasteiger partial charge < -0.3 is 16.3 Å². The Hall–Kier alpha value is -1.71. The van der Waals surface area contributed by atoms with E-state index in [1.54, 1.807) is 0 Å². The van der Waals surface area contributed by atoms with Crippen LogP contribution in [0.1, 0.15) is 45.6 Å². The van der Waals surface area contributed by atoms with Crippen LogP contribution in [0.5, 0.6) is 0 Å². The maximum atomic E-state index is 8.72. The van der Waals surface area contributed by atoms with Gasteiger partial charge in [-0.2, -0.15) is 0 Å². The molecule has 4 heteroatoms. The zero-order valence-corrected chi connectivity index (χ0v) is 12.8. The van der Waals surface area contributed by atoms with Gasteiger partial charge in [-0.3, -0.25) is 0 Å². The molecule has 0 bridgehead atoms. The lowest BCUT2D eigenvalue weighted by molar-refractivity contribution is 0.305. The predicted octanol–water partition coefficient (Wildman–Crippen LogP) is 3.60. The van der Waals surface area contributed by atoms with E-state index in [1.807, 2.05) is 13.8 Å². The van der Waals surface area contributed by atoms with E-state index < -0.39 is 0 Å². The molecule has 0 unspecified atom stereocenters. The fraction of sp³-hybridized carbons (Fsp3) is 0.562. The first-order chi connectivity index (χ1) is 9.49. The van der Waals surface area contributed by atoms with Gasteiger partial charge in [0.15, 0.2) is 0 Å². The lowest BCUT2D eigenvalue weighted by Gasteiger charge is -2.22. The third-order valence-corrected chi connectivity index (χ3v) is 3.60. The van der Waals surface area contributed by atoms with Gasteiger partial charge >= 0.3 is 0 Å². The van der Waals surface area contributed by atoms with Gasteiger partial charge in [0.25, 0.3) is 0 Å². The van der Waals surface area contributed by atoms with Crippen LogP contribution in [-0.4, -0.2) is 17.6 Å². The zero-order valence-electron chi connectivity index (χ0n) is 12.8. The van der Waals surface area contributed by atoms with Gasteiger partial charge in [-0.25, -0.2) is 0 Å². The highest BCUT2D eigenvalue weighted by molar-refractivity contribution is 5.85. The molecular weight excluding hydrogens is 250 g/mol. The molecule has 1 aromatic rings. The van der Waals surface area contributed by atoms with Crippen molar-refractivity contribution in [2.45, 2.75) is 46.5 Å². The summed E-state index contributed by atoms with van der Waals surface area (Å²) >= 11 is 0.